The van der Waals surface area contributed by atoms with Gasteiger partial charge in [0.05, 0.1) is 6.61 Å². The molecule has 1 fully saturated rings. The van der Waals surface area contributed by atoms with Crippen molar-refractivity contribution in [3.63, 3.8) is 0 Å². The predicted octanol–water partition coefficient (Wildman–Crippen LogP) is 3.57. The molecule has 5 heteroatoms. The molecule has 0 aliphatic carbocycles. The summed E-state index contributed by atoms with van der Waals surface area (Å²) in [7, 11) is 0. The van der Waals surface area contributed by atoms with Crippen LogP contribution in [0.4, 0.5) is 4.79 Å². The Kier molecular flexibility index (Phi) is 8.92. The highest BCUT2D eigenvalue weighted by Crippen LogP contribution is 2.23. The molecule has 1 aliphatic heterocycles. The third-order valence-electron chi connectivity index (χ3n) is 4.01. The molecule has 0 radical (unpaired) electrons. The lowest BCUT2D eigenvalue weighted by Crippen LogP contribution is -2.43. The van der Waals surface area contributed by atoms with Gasteiger partial charge in [0, 0.05) is 31.8 Å². The highest BCUT2D eigenvalue weighted by molar-refractivity contribution is 5.68. The highest BCUT2D eigenvalue weighted by atomic mass is 16.6. The van der Waals surface area contributed by atoms with Gasteiger partial charge < -0.3 is 19.7 Å². The van der Waals surface area contributed by atoms with Gasteiger partial charge in [-0.05, 0) is 53.4 Å². The average molecular weight is 328 g/mol. The second-order valence-corrected chi connectivity index (χ2v) is 7.53. The smallest absolute Gasteiger partial charge is 0.410 e. The maximum atomic E-state index is 12.3. The molecule has 0 spiro atoms. The van der Waals surface area contributed by atoms with Crippen LogP contribution in [0.15, 0.2) is 0 Å². The van der Waals surface area contributed by atoms with Gasteiger partial charge in [0.15, 0.2) is 0 Å². The number of hydrogen-bond donors (Lipinski definition) is 1. The number of carbonyl (C=O) groups excluding carboxylic acids is 1. The SMILES string of the molecule is CCCCOCCNC(C)CC1CCCN1C(=O)OC(C)(C)C. The third-order valence-corrected chi connectivity index (χ3v) is 4.01. The molecule has 5 nitrogen and oxygen atoms in total. The normalized spacial score (nSPS) is 19.9. The zero-order valence-electron chi connectivity index (χ0n) is 15.7. The fourth-order valence-electron chi connectivity index (χ4n) is 2.86. The summed E-state index contributed by atoms with van der Waals surface area (Å²) in [6.45, 7) is 13.4. The molecule has 0 aromatic carbocycles. The Bertz CT molecular complexity index is 342. The monoisotopic (exact) mass is 328 g/mol. The van der Waals surface area contributed by atoms with E-state index < -0.39 is 5.60 Å². The fourth-order valence-corrected chi connectivity index (χ4v) is 2.86. The molecule has 2 atom stereocenters. The van der Waals surface area contributed by atoms with Crippen LogP contribution in [0.2, 0.25) is 0 Å². The molecular formula is C18H36N2O3. The van der Waals surface area contributed by atoms with Gasteiger partial charge in [0.1, 0.15) is 5.60 Å². The molecule has 136 valence electrons. The minimum atomic E-state index is -0.427. The quantitative estimate of drug-likeness (QED) is 0.657. The summed E-state index contributed by atoms with van der Waals surface area (Å²) in [5.74, 6) is 0. The van der Waals surface area contributed by atoms with E-state index in [1.165, 1.54) is 6.42 Å². The van der Waals surface area contributed by atoms with E-state index in [1.54, 1.807) is 0 Å². The van der Waals surface area contributed by atoms with Crippen LogP contribution < -0.4 is 5.32 Å². The first-order valence-corrected chi connectivity index (χ1v) is 9.14. The molecule has 2 unspecified atom stereocenters. The number of nitrogens with zero attached hydrogens (tertiary/aromatic N) is 1. The van der Waals surface area contributed by atoms with Crippen molar-refractivity contribution < 1.29 is 14.3 Å². The lowest BCUT2D eigenvalue weighted by Gasteiger charge is -2.30. The molecule has 0 bridgehead atoms. The molecule has 1 rings (SSSR count). The summed E-state index contributed by atoms with van der Waals surface area (Å²) in [6, 6.07) is 0.658. The molecule has 1 N–H and O–H groups in total. The molecule has 1 heterocycles. The molecule has 0 aromatic rings. The number of nitrogens with one attached hydrogen (secondary N) is 1. The summed E-state index contributed by atoms with van der Waals surface area (Å²) in [5.41, 5.74) is -0.427. The Labute approximate surface area is 142 Å². The van der Waals surface area contributed by atoms with E-state index in [0.717, 1.165) is 52.0 Å². The summed E-state index contributed by atoms with van der Waals surface area (Å²) < 4.78 is 11.1. The highest BCUT2D eigenvalue weighted by Gasteiger charge is 2.32. The van der Waals surface area contributed by atoms with Gasteiger partial charge >= 0.3 is 6.09 Å². The number of unbranched alkanes of at least 4 members (excludes halogenated alkanes) is 1. The summed E-state index contributed by atoms with van der Waals surface area (Å²) in [4.78, 5) is 14.2. The largest absolute Gasteiger partial charge is 0.444 e. The van der Waals surface area contributed by atoms with Gasteiger partial charge in [-0.15, -0.1) is 0 Å². The molecule has 23 heavy (non-hydrogen) atoms. The van der Waals surface area contributed by atoms with Crippen LogP contribution >= 0.6 is 0 Å². The third kappa shape index (κ3) is 8.56. The standard InChI is InChI=1S/C18H36N2O3/c1-6-7-12-22-13-10-19-15(2)14-16-9-8-11-20(16)17(21)23-18(3,4)5/h15-16,19H,6-14H2,1-5H3. The Morgan fingerprint density at radius 2 is 2.09 bits per heavy atom. The molecular weight excluding hydrogens is 292 g/mol. The van der Waals surface area contributed by atoms with E-state index in [4.69, 9.17) is 9.47 Å². The number of ether oxygens (including phenoxy) is 2. The number of hydrogen-bond acceptors (Lipinski definition) is 4. The maximum Gasteiger partial charge on any atom is 0.410 e. The summed E-state index contributed by atoms with van der Waals surface area (Å²) >= 11 is 0. The predicted molar refractivity (Wildman–Crippen MR) is 93.8 cm³/mol. The lowest BCUT2D eigenvalue weighted by molar-refractivity contribution is 0.0214. The van der Waals surface area contributed by atoms with Crippen molar-refractivity contribution in [3.8, 4) is 0 Å². The van der Waals surface area contributed by atoms with Gasteiger partial charge in [-0.25, -0.2) is 4.79 Å². The molecule has 1 amide bonds. The first kappa shape index (κ1) is 20.2. The van der Waals surface area contributed by atoms with Gasteiger partial charge in [0.2, 0.25) is 0 Å². The van der Waals surface area contributed by atoms with Crippen molar-refractivity contribution in [2.24, 2.45) is 0 Å². The van der Waals surface area contributed by atoms with E-state index in [0.29, 0.717) is 6.04 Å². The van der Waals surface area contributed by atoms with Crippen LogP contribution in [0.5, 0.6) is 0 Å². The van der Waals surface area contributed by atoms with Crippen LogP contribution in [0.25, 0.3) is 0 Å². The molecule has 0 saturated carbocycles. The van der Waals surface area contributed by atoms with E-state index in [1.807, 2.05) is 25.7 Å². The minimum Gasteiger partial charge on any atom is -0.444 e. The molecule has 0 aromatic heterocycles. The molecule has 1 aliphatic rings. The second-order valence-electron chi connectivity index (χ2n) is 7.53. The summed E-state index contributed by atoms with van der Waals surface area (Å²) in [6.07, 6.45) is 5.23. The van der Waals surface area contributed by atoms with E-state index in [-0.39, 0.29) is 12.1 Å². The average Bonchev–Trinajstić information content (AvgIpc) is 2.89. The van der Waals surface area contributed by atoms with Crippen LogP contribution in [0, 0.1) is 0 Å². The van der Waals surface area contributed by atoms with Crippen molar-refractivity contribution in [1.29, 1.82) is 0 Å². The van der Waals surface area contributed by atoms with Gasteiger partial charge in [0.25, 0.3) is 0 Å². The van der Waals surface area contributed by atoms with Gasteiger partial charge in [-0.1, -0.05) is 13.3 Å². The fraction of sp³-hybridized carbons (Fsp3) is 0.944. The van der Waals surface area contributed by atoms with Crippen LogP contribution in [-0.4, -0.2) is 55.0 Å². The van der Waals surface area contributed by atoms with Crippen LogP contribution in [0.1, 0.15) is 66.7 Å². The van der Waals surface area contributed by atoms with Crippen molar-refractivity contribution in [1.82, 2.24) is 10.2 Å². The number of rotatable bonds is 9. The van der Waals surface area contributed by atoms with Crippen molar-refractivity contribution >= 4 is 6.09 Å². The first-order valence-electron chi connectivity index (χ1n) is 9.14. The maximum absolute atomic E-state index is 12.3. The van der Waals surface area contributed by atoms with Crippen LogP contribution in [-0.2, 0) is 9.47 Å². The van der Waals surface area contributed by atoms with Gasteiger partial charge in [-0.3, -0.25) is 0 Å². The van der Waals surface area contributed by atoms with Crippen molar-refractivity contribution in [2.45, 2.75) is 84.4 Å². The van der Waals surface area contributed by atoms with Crippen molar-refractivity contribution in [3.05, 3.63) is 0 Å². The number of carbonyl (C=O) groups is 1. The topological polar surface area (TPSA) is 50.8 Å². The van der Waals surface area contributed by atoms with Crippen LogP contribution in [0.3, 0.4) is 0 Å². The zero-order chi connectivity index (χ0) is 17.3. The second kappa shape index (κ2) is 10.1. The van der Waals surface area contributed by atoms with Crippen molar-refractivity contribution in [2.75, 3.05) is 26.3 Å². The first-order chi connectivity index (χ1) is 10.8. The lowest BCUT2D eigenvalue weighted by atomic mass is 10.1. The zero-order valence-corrected chi connectivity index (χ0v) is 15.7. The Morgan fingerprint density at radius 1 is 1.35 bits per heavy atom. The van der Waals surface area contributed by atoms with E-state index >= 15 is 0 Å². The Hall–Kier alpha value is -0.810. The Balaban J connectivity index is 2.27. The number of amides is 1. The summed E-state index contributed by atoms with van der Waals surface area (Å²) in [5, 5.41) is 3.49. The Morgan fingerprint density at radius 3 is 2.74 bits per heavy atom. The van der Waals surface area contributed by atoms with E-state index in [9.17, 15) is 4.79 Å². The minimum absolute atomic E-state index is 0.171. The van der Waals surface area contributed by atoms with Gasteiger partial charge in [-0.2, -0.15) is 0 Å². The number of likely N-dealkylation sites (tertiary alicyclic amines) is 1. The molecule has 1 saturated heterocycles. The van der Waals surface area contributed by atoms with E-state index in [2.05, 4.69) is 19.2 Å².